The molecule has 2 rings (SSSR count). The number of nitrogens with zero attached hydrogens (tertiary/aromatic N) is 1. The summed E-state index contributed by atoms with van der Waals surface area (Å²) in [6, 6.07) is 5.13. The Kier molecular flexibility index (Phi) is 4.56. The molecule has 0 saturated heterocycles. The Bertz CT molecular complexity index is 689. The summed E-state index contributed by atoms with van der Waals surface area (Å²) in [5.74, 6) is -0.179. The molecule has 0 aliphatic carbocycles. The van der Waals surface area contributed by atoms with Gasteiger partial charge in [0.1, 0.15) is 5.69 Å². The van der Waals surface area contributed by atoms with Crippen LogP contribution < -0.4 is 4.74 Å². The van der Waals surface area contributed by atoms with E-state index in [1.54, 1.807) is 0 Å². The maximum Gasteiger partial charge on any atom is 0.433 e. The lowest BCUT2D eigenvalue weighted by Crippen LogP contribution is -2.09. The molecule has 21 heavy (non-hydrogen) atoms. The zero-order chi connectivity index (χ0) is 15.8. The van der Waals surface area contributed by atoms with Crippen molar-refractivity contribution in [2.24, 2.45) is 0 Å². The molecule has 2 nitrogen and oxygen atoms in total. The fourth-order valence-corrected chi connectivity index (χ4v) is 2.30. The van der Waals surface area contributed by atoms with Gasteiger partial charge in [0, 0.05) is 11.6 Å². The molecule has 0 atom stereocenters. The van der Waals surface area contributed by atoms with E-state index in [0.29, 0.717) is 5.56 Å². The fraction of sp³-hybridized carbons (Fsp3) is 0.154. The van der Waals surface area contributed by atoms with E-state index in [-0.39, 0.29) is 26.5 Å². The largest absolute Gasteiger partial charge is 0.481 e. The lowest BCUT2D eigenvalue weighted by Gasteiger charge is -2.12. The zero-order valence-electron chi connectivity index (χ0n) is 10.4. The third kappa shape index (κ3) is 3.36. The van der Waals surface area contributed by atoms with Crippen LogP contribution in [0, 0.1) is 0 Å². The molecule has 1 aromatic carbocycles. The highest BCUT2D eigenvalue weighted by Gasteiger charge is 2.33. The fourth-order valence-electron chi connectivity index (χ4n) is 1.66. The van der Waals surface area contributed by atoms with E-state index in [2.05, 4.69) is 4.98 Å². The van der Waals surface area contributed by atoms with Gasteiger partial charge in [-0.15, -0.1) is 0 Å². The molecule has 1 heterocycles. The molecular formula is C13H7Cl3F3NO. The highest BCUT2D eigenvalue weighted by molar-refractivity contribution is 6.49. The number of pyridine rings is 1. The van der Waals surface area contributed by atoms with E-state index in [4.69, 9.17) is 39.5 Å². The van der Waals surface area contributed by atoms with E-state index in [0.717, 1.165) is 6.07 Å². The van der Waals surface area contributed by atoms with Crippen LogP contribution in [-0.2, 0) is 6.18 Å². The average molecular weight is 357 g/mol. The zero-order valence-corrected chi connectivity index (χ0v) is 12.7. The summed E-state index contributed by atoms with van der Waals surface area (Å²) < 4.78 is 43.3. The van der Waals surface area contributed by atoms with Crippen molar-refractivity contribution in [3.05, 3.63) is 45.0 Å². The molecule has 0 unspecified atom stereocenters. The molecule has 0 radical (unpaired) electrons. The van der Waals surface area contributed by atoms with Crippen molar-refractivity contribution in [3.63, 3.8) is 0 Å². The van der Waals surface area contributed by atoms with Crippen LogP contribution in [0.3, 0.4) is 0 Å². The number of ether oxygens (including phenoxy) is 1. The SMILES string of the molecule is COc1cc(-c2ccc(Cl)c(Cl)c2Cl)cc(C(F)(F)F)n1. The summed E-state index contributed by atoms with van der Waals surface area (Å²) in [4.78, 5) is 3.37. The predicted molar refractivity (Wildman–Crippen MR) is 76.3 cm³/mol. The summed E-state index contributed by atoms with van der Waals surface area (Å²) in [6.45, 7) is 0. The third-order valence-electron chi connectivity index (χ3n) is 2.65. The quantitative estimate of drug-likeness (QED) is 0.640. The molecule has 112 valence electrons. The van der Waals surface area contributed by atoms with Crippen molar-refractivity contribution in [2.75, 3.05) is 7.11 Å². The molecule has 0 saturated carbocycles. The van der Waals surface area contributed by atoms with Crippen molar-refractivity contribution < 1.29 is 17.9 Å². The minimum absolute atomic E-state index is 0.0607. The number of halogens is 6. The minimum Gasteiger partial charge on any atom is -0.481 e. The van der Waals surface area contributed by atoms with Crippen molar-refractivity contribution in [3.8, 4) is 17.0 Å². The van der Waals surface area contributed by atoms with Gasteiger partial charge in [-0.2, -0.15) is 13.2 Å². The van der Waals surface area contributed by atoms with Crippen LogP contribution in [-0.4, -0.2) is 12.1 Å². The maximum atomic E-state index is 12.8. The second-order valence-electron chi connectivity index (χ2n) is 4.00. The molecule has 0 bridgehead atoms. The van der Waals surface area contributed by atoms with Gasteiger partial charge in [-0.25, -0.2) is 4.98 Å². The second-order valence-corrected chi connectivity index (χ2v) is 5.17. The smallest absolute Gasteiger partial charge is 0.433 e. The number of hydrogen-bond acceptors (Lipinski definition) is 2. The number of methoxy groups -OCH3 is 1. The van der Waals surface area contributed by atoms with Crippen LogP contribution in [0.2, 0.25) is 15.1 Å². The average Bonchev–Trinajstić information content (AvgIpc) is 2.43. The summed E-state index contributed by atoms with van der Waals surface area (Å²) in [5, 5.41) is 0.341. The molecule has 2 aromatic rings. The van der Waals surface area contributed by atoms with Gasteiger partial charge in [0.05, 0.1) is 22.2 Å². The Morgan fingerprint density at radius 2 is 1.71 bits per heavy atom. The summed E-state index contributed by atoms with van der Waals surface area (Å²) in [5.41, 5.74) is -0.603. The van der Waals surface area contributed by atoms with Gasteiger partial charge in [-0.1, -0.05) is 40.9 Å². The lowest BCUT2D eigenvalue weighted by atomic mass is 10.1. The van der Waals surface area contributed by atoms with E-state index >= 15 is 0 Å². The Morgan fingerprint density at radius 1 is 1.05 bits per heavy atom. The van der Waals surface area contributed by atoms with Crippen LogP contribution in [0.5, 0.6) is 5.88 Å². The third-order valence-corrected chi connectivity index (χ3v) is 3.94. The first-order valence-electron chi connectivity index (χ1n) is 5.51. The van der Waals surface area contributed by atoms with Gasteiger partial charge in [0.15, 0.2) is 0 Å². The molecule has 0 spiro atoms. The van der Waals surface area contributed by atoms with Gasteiger partial charge >= 0.3 is 6.18 Å². The first-order chi connectivity index (χ1) is 9.74. The van der Waals surface area contributed by atoms with Crippen molar-refractivity contribution in [1.29, 1.82) is 0 Å². The monoisotopic (exact) mass is 355 g/mol. The first-order valence-corrected chi connectivity index (χ1v) is 6.64. The standard InChI is InChI=1S/C13H7Cl3F3NO/c1-21-10-5-6(4-9(20-10)13(17,18)19)7-2-3-8(14)12(16)11(7)15/h2-5H,1H3. The van der Waals surface area contributed by atoms with Crippen LogP contribution in [0.25, 0.3) is 11.1 Å². The highest BCUT2D eigenvalue weighted by atomic mass is 35.5. The molecule has 1 aromatic heterocycles. The summed E-state index contributed by atoms with van der Waals surface area (Å²) >= 11 is 17.7. The van der Waals surface area contributed by atoms with Gasteiger partial charge < -0.3 is 4.74 Å². The lowest BCUT2D eigenvalue weighted by molar-refractivity contribution is -0.141. The summed E-state index contributed by atoms with van der Waals surface area (Å²) in [6.07, 6.45) is -4.61. The number of aromatic nitrogens is 1. The topological polar surface area (TPSA) is 22.1 Å². The number of rotatable bonds is 2. The van der Waals surface area contributed by atoms with E-state index < -0.39 is 11.9 Å². The number of hydrogen-bond donors (Lipinski definition) is 0. The molecule has 0 aliphatic rings. The van der Waals surface area contributed by atoms with Crippen LogP contribution in [0.4, 0.5) is 13.2 Å². The van der Waals surface area contributed by atoms with E-state index in [1.807, 2.05) is 0 Å². The molecule has 0 fully saturated rings. The first kappa shape index (κ1) is 16.2. The van der Waals surface area contributed by atoms with Crippen LogP contribution in [0.1, 0.15) is 5.69 Å². The van der Waals surface area contributed by atoms with Gasteiger partial charge in [-0.3, -0.25) is 0 Å². The van der Waals surface area contributed by atoms with Crippen molar-refractivity contribution in [2.45, 2.75) is 6.18 Å². The Hall–Kier alpha value is -1.17. The van der Waals surface area contributed by atoms with Crippen molar-refractivity contribution >= 4 is 34.8 Å². The molecule has 0 N–H and O–H groups in total. The predicted octanol–water partition coefficient (Wildman–Crippen LogP) is 5.74. The molecular weight excluding hydrogens is 350 g/mol. The Balaban J connectivity index is 2.67. The molecule has 0 aliphatic heterocycles. The maximum absolute atomic E-state index is 12.8. The van der Waals surface area contributed by atoms with Gasteiger partial charge in [-0.05, 0) is 17.7 Å². The number of alkyl halides is 3. The van der Waals surface area contributed by atoms with E-state index in [9.17, 15) is 13.2 Å². The minimum atomic E-state index is -4.61. The normalized spacial score (nSPS) is 11.6. The van der Waals surface area contributed by atoms with Gasteiger partial charge in [0.25, 0.3) is 0 Å². The van der Waals surface area contributed by atoms with Crippen LogP contribution >= 0.6 is 34.8 Å². The van der Waals surface area contributed by atoms with Crippen molar-refractivity contribution in [1.82, 2.24) is 4.98 Å². The summed E-state index contributed by atoms with van der Waals surface area (Å²) in [7, 11) is 1.22. The molecule has 0 amide bonds. The Morgan fingerprint density at radius 3 is 2.29 bits per heavy atom. The highest BCUT2D eigenvalue weighted by Crippen LogP contribution is 2.40. The molecule has 8 heteroatoms. The van der Waals surface area contributed by atoms with E-state index in [1.165, 1.54) is 25.3 Å². The van der Waals surface area contributed by atoms with Crippen LogP contribution in [0.15, 0.2) is 24.3 Å². The second kappa shape index (κ2) is 5.91. The Labute approximate surface area is 133 Å². The van der Waals surface area contributed by atoms with Gasteiger partial charge in [0.2, 0.25) is 5.88 Å². The number of benzene rings is 1.